The second-order valence-corrected chi connectivity index (χ2v) is 8.52. The Kier molecular flexibility index (Phi) is 6.78. The molecule has 98 valence electrons. The molecule has 0 spiro atoms. The van der Waals surface area contributed by atoms with Crippen molar-refractivity contribution in [2.24, 2.45) is 0 Å². The van der Waals surface area contributed by atoms with Crippen molar-refractivity contribution < 1.29 is 0 Å². The normalized spacial score (nSPS) is 15.6. The van der Waals surface area contributed by atoms with Gasteiger partial charge < -0.3 is 10.2 Å². The molecule has 0 amide bonds. The second-order valence-electron chi connectivity index (χ2n) is 6.10. The first-order chi connectivity index (χ1) is 6.99. The molecule has 1 unspecified atom stereocenters. The van der Waals surface area contributed by atoms with Crippen LogP contribution in [0.4, 0.5) is 0 Å². The van der Waals surface area contributed by atoms with Gasteiger partial charge in [0.15, 0.2) is 0 Å². The molecule has 0 aliphatic carbocycles. The standard InChI is InChI=1S/C12H28N2S2/c1-10(13-8-11(2,3)15)7-14(6)9-12(4,5)16/h10,13,15-16H,7-9H2,1-6H3. The van der Waals surface area contributed by atoms with Crippen LogP contribution in [0.15, 0.2) is 0 Å². The van der Waals surface area contributed by atoms with E-state index in [1.165, 1.54) is 0 Å². The van der Waals surface area contributed by atoms with Crippen molar-refractivity contribution >= 4 is 25.3 Å². The van der Waals surface area contributed by atoms with E-state index in [1.807, 2.05) is 0 Å². The molecule has 0 aromatic heterocycles. The lowest BCUT2D eigenvalue weighted by Crippen LogP contribution is -2.44. The van der Waals surface area contributed by atoms with Crippen LogP contribution < -0.4 is 5.32 Å². The summed E-state index contributed by atoms with van der Waals surface area (Å²) < 4.78 is 0.118. The third-order valence-corrected chi connectivity index (χ3v) is 2.43. The Balaban J connectivity index is 3.83. The van der Waals surface area contributed by atoms with Gasteiger partial charge in [-0.2, -0.15) is 25.3 Å². The van der Waals surface area contributed by atoms with Crippen LogP contribution in [0.3, 0.4) is 0 Å². The molecule has 0 fully saturated rings. The first-order valence-corrected chi connectivity index (χ1v) is 6.76. The molecule has 0 heterocycles. The molecule has 0 aliphatic rings. The number of likely N-dealkylation sites (N-methyl/N-ethyl adjacent to an activating group) is 1. The molecule has 0 saturated heterocycles. The maximum absolute atomic E-state index is 4.54. The van der Waals surface area contributed by atoms with Crippen molar-refractivity contribution in [1.82, 2.24) is 10.2 Å². The summed E-state index contributed by atoms with van der Waals surface area (Å²) in [6.45, 7) is 13.7. The molecule has 4 heteroatoms. The minimum atomic E-state index is 0.0512. The van der Waals surface area contributed by atoms with Crippen molar-refractivity contribution in [2.45, 2.75) is 50.2 Å². The van der Waals surface area contributed by atoms with Crippen LogP contribution in [0.25, 0.3) is 0 Å². The Bertz CT molecular complexity index is 194. The smallest absolute Gasteiger partial charge is 0.0200 e. The fraction of sp³-hybridized carbons (Fsp3) is 1.00. The molecule has 0 radical (unpaired) electrons. The van der Waals surface area contributed by atoms with Gasteiger partial charge in [-0.1, -0.05) is 0 Å². The average molecular weight is 265 g/mol. The molecule has 0 aromatic rings. The van der Waals surface area contributed by atoms with Gasteiger partial charge in [0.1, 0.15) is 0 Å². The van der Waals surface area contributed by atoms with Gasteiger partial charge in [-0.25, -0.2) is 0 Å². The minimum absolute atomic E-state index is 0.0512. The fourth-order valence-corrected chi connectivity index (χ4v) is 2.01. The summed E-state index contributed by atoms with van der Waals surface area (Å²) in [5, 5.41) is 3.50. The lowest BCUT2D eigenvalue weighted by molar-refractivity contribution is 0.277. The summed E-state index contributed by atoms with van der Waals surface area (Å²) in [6, 6.07) is 0.479. The zero-order valence-electron chi connectivity index (χ0n) is 11.5. The summed E-state index contributed by atoms with van der Waals surface area (Å²) >= 11 is 9.04. The van der Waals surface area contributed by atoms with Crippen LogP contribution in [0, 0.1) is 0 Å². The number of nitrogens with zero attached hydrogens (tertiary/aromatic N) is 1. The Hall–Kier alpha value is 0.620. The van der Waals surface area contributed by atoms with Crippen LogP contribution in [0.1, 0.15) is 34.6 Å². The van der Waals surface area contributed by atoms with Gasteiger partial charge in [0.05, 0.1) is 0 Å². The van der Waals surface area contributed by atoms with Gasteiger partial charge in [0, 0.05) is 35.2 Å². The van der Waals surface area contributed by atoms with E-state index >= 15 is 0 Å². The fourth-order valence-electron chi connectivity index (χ4n) is 1.68. The number of hydrogen-bond acceptors (Lipinski definition) is 4. The minimum Gasteiger partial charge on any atom is -0.312 e. The van der Waals surface area contributed by atoms with Crippen LogP contribution >= 0.6 is 25.3 Å². The topological polar surface area (TPSA) is 15.3 Å². The number of rotatable bonds is 7. The molecule has 0 rings (SSSR count). The molecule has 16 heavy (non-hydrogen) atoms. The monoisotopic (exact) mass is 264 g/mol. The van der Waals surface area contributed by atoms with E-state index in [1.54, 1.807) is 0 Å². The van der Waals surface area contributed by atoms with Crippen LogP contribution in [0.2, 0.25) is 0 Å². The summed E-state index contributed by atoms with van der Waals surface area (Å²) in [5.41, 5.74) is 0. The lowest BCUT2D eigenvalue weighted by atomic mass is 10.1. The van der Waals surface area contributed by atoms with Gasteiger partial charge in [0.25, 0.3) is 0 Å². The van der Waals surface area contributed by atoms with Crippen LogP contribution in [-0.2, 0) is 0 Å². The summed E-state index contributed by atoms with van der Waals surface area (Å²) in [5.74, 6) is 0. The maximum atomic E-state index is 4.54. The Morgan fingerprint density at radius 2 is 1.62 bits per heavy atom. The van der Waals surface area contributed by atoms with Crippen molar-refractivity contribution in [3.05, 3.63) is 0 Å². The summed E-state index contributed by atoms with van der Waals surface area (Å²) in [6.07, 6.45) is 0. The van der Waals surface area contributed by atoms with Gasteiger partial charge in [-0.3, -0.25) is 0 Å². The third kappa shape index (κ3) is 11.1. The van der Waals surface area contributed by atoms with E-state index in [4.69, 9.17) is 0 Å². The van der Waals surface area contributed by atoms with E-state index in [2.05, 4.69) is 77.1 Å². The largest absolute Gasteiger partial charge is 0.312 e. The van der Waals surface area contributed by atoms with Crippen molar-refractivity contribution in [3.63, 3.8) is 0 Å². The Labute approximate surface area is 112 Å². The quantitative estimate of drug-likeness (QED) is 0.612. The molecular weight excluding hydrogens is 236 g/mol. The van der Waals surface area contributed by atoms with Crippen molar-refractivity contribution in [3.8, 4) is 0 Å². The molecule has 0 aromatic carbocycles. The summed E-state index contributed by atoms with van der Waals surface area (Å²) in [7, 11) is 2.14. The van der Waals surface area contributed by atoms with E-state index in [0.29, 0.717) is 6.04 Å². The summed E-state index contributed by atoms with van der Waals surface area (Å²) in [4.78, 5) is 2.32. The maximum Gasteiger partial charge on any atom is 0.0200 e. The van der Waals surface area contributed by atoms with Gasteiger partial charge >= 0.3 is 0 Å². The number of nitrogens with one attached hydrogen (secondary N) is 1. The van der Waals surface area contributed by atoms with Crippen molar-refractivity contribution in [2.75, 3.05) is 26.7 Å². The Morgan fingerprint density at radius 1 is 1.12 bits per heavy atom. The number of hydrogen-bond donors (Lipinski definition) is 3. The van der Waals surface area contributed by atoms with Crippen LogP contribution in [0.5, 0.6) is 0 Å². The SMILES string of the molecule is CC(CN(C)CC(C)(C)S)NCC(C)(C)S. The highest BCUT2D eigenvalue weighted by Crippen LogP contribution is 2.13. The third-order valence-electron chi connectivity index (χ3n) is 2.13. The molecule has 0 saturated carbocycles. The predicted molar refractivity (Wildman–Crippen MR) is 81.1 cm³/mol. The van der Waals surface area contributed by atoms with E-state index in [-0.39, 0.29) is 9.49 Å². The zero-order chi connectivity index (χ0) is 13.0. The zero-order valence-corrected chi connectivity index (χ0v) is 13.3. The molecule has 1 N–H and O–H groups in total. The highest BCUT2D eigenvalue weighted by Gasteiger charge is 2.17. The van der Waals surface area contributed by atoms with Gasteiger partial charge in [0.2, 0.25) is 0 Å². The number of thiol groups is 2. The van der Waals surface area contributed by atoms with Gasteiger partial charge in [-0.05, 0) is 41.7 Å². The second kappa shape index (κ2) is 6.53. The Morgan fingerprint density at radius 3 is 2.00 bits per heavy atom. The first-order valence-electron chi connectivity index (χ1n) is 5.86. The molecule has 2 nitrogen and oxygen atoms in total. The van der Waals surface area contributed by atoms with Gasteiger partial charge in [-0.15, -0.1) is 0 Å². The van der Waals surface area contributed by atoms with Crippen molar-refractivity contribution in [1.29, 1.82) is 0 Å². The lowest BCUT2D eigenvalue weighted by Gasteiger charge is -2.29. The predicted octanol–water partition coefficient (Wildman–Crippen LogP) is 2.31. The van der Waals surface area contributed by atoms with Crippen LogP contribution in [-0.4, -0.2) is 47.1 Å². The van der Waals surface area contributed by atoms with E-state index < -0.39 is 0 Å². The average Bonchev–Trinajstić information content (AvgIpc) is 1.95. The highest BCUT2D eigenvalue weighted by atomic mass is 32.1. The molecule has 1 atom stereocenters. The highest BCUT2D eigenvalue weighted by molar-refractivity contribution is 7.82. The van der Waals surface area contributed by atoms with E-state index in [0.717, 1.165) is 19.6 Å². The molecular formula is C12H28N2S2. The van der Waals surface area contributed by atoms with E-state index in [9.17, 15) is 0 Å². The molecule has 0 aliphatic heterocycles. The molecule has 0 bridgehead atoms. The first kappa shape index (κ1) is 16.6.